The van der Waals surface area contributed by atoms with Gasteiger partial charge in [0.05, 0.1) is 11.4 Å². The van der Waals surface area contributed by atoms with Crippen LogP contribution < -0.4 is 5.32 Å². The quantitative estimate of drug-likeness (QED) is 0.381. The molecule has 0 unspecified atom stereocenters. The van der Waals surface area contributed by atoms with Crippen LogP contribution in [0.1, 0.15) is 23.2 Å². The average molecular weight is 450 g/mol. The molecule has 2 heterocycles. The number of hydrogen-bond acceptors (Lipinski definition) is 6. The van der Waals surface area contributed by atoms with Crippen molar-refractivity contribution in [3.63, 3.8) is 0 Å². The summed E-state index contributed by atoms with van der Waals surface area (Å²) < 4.78 is 2.06. The fourth-order valence-corrected chi connectivity index (χ4v) is 4.93. The third kappa shape index (κ3) is 5.21. The first-order valence-corrected chi connectivity index (χ1v) is 11.9. The van der Waals surface area contributed by atoms with Crippen LogP contribution in [0.25, 0.3) is 11.3 Å². The van der Waals surface area contributed by atoms with Gasteiger partial charge in [-0.2, -0.15) is 0 Å². The summed E-state index contributed by atoms with van der Waals surface area (Å²) >= 11 is 2.88. The average Bonchev–Trinajstić information content (AvgIpc) is 3.35. The Labute approximate surface area is 189 Å². The molecule has 2 aromatic carbocycles. The molecule has 158 valence electrons. The summed E-state index contributed by atoms with van der Waals surface area (Å²) in [6.45, 7) is 4.83. The Bertz CT molecular complexity index is 1160. The Hall–Kier alpha value is -2.97. The Kier molecular flexibility index (Phi) is 6.79. The highest BCUT2D eigenvalue weighted by molar-refractivity contribution is 7.99. The highest BCUT2D eigenvalue weighted by Gasteiger charge is 2.15. The Morgan fingerprint density at radius 2 is 1.77 bits per heavy atom. The van der Waals surface area contributed by atoms with Gasteiger partial charge in [0.2, 0.25) is 5.91 Å². The van der Waals surface area contributed by atoms with Crippen molar-refractivity contribution in [2.45, 2.75) is 32.0 Å². The van der Waals surface area contributed by atoms with E-state index in [1.165, 1.54) is 28.7 Å². The van der Waals surface area contributed by atoms with Crippen LogP contribution in [-0.4, -0.2) is 31.4 Å². The third-order valence-corrected chi connectivity index (χ3v) is 6.59. The Morgan fingerprint density at radius 1 is 1.06 bits per heavy atom. The zero-order chi connectivity index (χ0) is 21.6. The molecule has 0 fully saturated rings. The van der Waals surface area contributed by atoms with E-state index in [4.69, 9.17) is 0 Å². The monoisotopic (exact) mass is 449 g/mol. The van der Waals surface area contributed by atoms with Crippen molar-refractivity contribution < 1.29 is 4.79 Å². The van der Waals surface area contributed by atoms with Crippen LogP contribution in [-0.2, 0) is 17.8 Å². The van der Waals surface area contributed by atoms with Gasteiger partial charge in [0.25, 0.3) is 0 Å². The summed E-state index contributed by atoms with van der Waals surface area (Å²) in [5.74, 6) is 1.05. The first kappa shape index (κ1) is 21.3. The molecule has 0 aliphatic carbocycles. The molecule has 1 N–H and O–H groups in total. The van der Waals surface area contributed by atoms with Gasteiger partial charge in [0.15, 0.2) is 10.3 Å². The van der Waals surface area contributed by atoms with Crippen molar-refractivity contribution in [2.75, 3.05) is 11.1 Å². The molecule has 6 nitrogen and oxygen atoms in total. The summed E-state index contributed by atoms with van der Waals surface area (Å²) in [4.78, 5) is 18.2. The standard InChI is InChI=1S/C23H23N5OS2/c1-3-28-19(14-17-10-6-4-7-11-17)26-27-23(28)30-15-20(29)24-22-25-21(16(2)31-22)18-12-8-5-9-13-18/h4-13H,3,14-15H2,1-2H3,(H,24,25,29). The predicted octanol–water partition coefficient (Wildman–Crippen LogP) is 5.05. The molecule has 2 aromatic heterocycles. The number of amides is 1. The number of benzene rings is 2. The predicted molar refractivity (Wildman–Crippen MR) is 127 cm³/mol. The first-order valence-electron chi connectivity index (χ1n) is 10.1. The van der Waals surface area contributed by atoms with Gasteiger partial charge in [0, 0.05) is 23.4 Å². The van der Waals surface area contributed by atoms with Crippen LogP contribution in [0, 0.1) is 6.92 Å². The fourth-order valence-electron chi connectivity index (χ4n) is 3.25. The number of hydrogen-bond donors (Lipinski definition) is 1. The number of aryl methyl sites for hydroxylation is 1. The molecule has 0 atom stereocenters. The van der Waals surface area contributed by atoms with Gasteiger partial charge in [-0.3, -0.25) is 4.79 Å². The van der Waals surface area contributed by atoms with Crippen molar-refractivity contribution >= 4 is 34.1 Å². The van der Waals surface area contributed by atoms with E-state index in [0.29, 0.717) is 5.13 Å². The molecular formula is C23H23N5OS2. The van der Waals surface area contributed by atoms with Gasteiger partial charge in [-0.25, -0.2) is 4.98 Å². The lowest BCUT2D eigenvalue weighted by atomic mass is 10.1. The second-order valence-electron chi connectivity index (χ2n) is 6.93. The molecule has 0 aliphatic heterocycles. The number of aromatic nitrogens is 4. The SMILES string of the molecule is CCn1c(Cc2ccccc2)nnc1SCC(=O)Nc1nc(-c2ccccc2)c(C)s1. The number of anilines is 1. The van der Waals surface area contributed by atoms with Crippen molar-refractivity contribution in [3.05, 3.63) is 76.9 Å². The number of nitrogens with one attached hydrogen (secondary N) is 1. The van der Waals surface area contributed by atoms with E-state index in [1.54, 1.807) is 0 Å². The van der Waals surface area contributed by atoms with Crippen LogP contribution in [0.5, 0.6) is 0 Å². The summed E-state index contributed by atoms with van der Waals surface area (Å²) in [6.07, 6.45) is 0.717. The molecular weight excluding hydrogens is 426 g/mol. The van der Waals surface area contributed by atoms with Gasteiger partial charge < -0.3 is 9.88 Å². The second kappa shape index (κ2) is 9.89. The van der Waals surface area contributed by atoms with E-state index in [0.717, 1.165) is 40.1 Å². The lowest BCUT2D eigenvalue weighted by molar-refractivity contribution is -0.113. The minimum atomic E-state index is -0.103. The van der Waals surface area contributed by atoms with Crippen LogP contribution >= 0.6 is 23.1 Å². The minimum absolute atomic E-state index is 0.103. The molecule has 31 heavy (non-hydrogen) atoms. The molecule has 8 heteroatoms. The van der Waals surface area contributed by atoms with Crippen molar-refractivity contribution in [1.82, 2.24) is 19.7 Å². The highest BCUT2D eigenvalue weighted by atomic mass is 32.2. The molecule has 0 radical (unpaired) electrons. The third-order valence-electron chi connectivity index (χ3n) is 4.74. The topological polar surface area (TPSA) is 72.7 Å². The van der Waals surface area contributed by atoms with Gasteiger partial charge in [-0.05, 0) is 19.4 Å². The second-order valence-corrected chi connectivity index (χ2v) is 9.08. The number of rotatable bonds is 8. The minimum Gasteiger partial charge on any atom is -0.306 e. The lowest BCUT2D eigenvalue weighted by Gasteiger charge is -2.07. The molecule has 0 saturated heterocycles. The van der Waals surface area contributed by atoms with Gasteiger partial charge in [0.1, 0.15) is 5.82 Å². The van der Waals surface area contributed by atoms with Gasteiger partial charge >= 0.3 is 0 Å². The maximum Gasteiger partial charge on any atom is 0.236 e. The zero-order valence-corrected chi connectivity index (χ0v) is 19.0. The molecule has 0 spiro atoms. The fraction of sp³-hybridized carbons (Fsp3) is 0.217. The molecule has 1 amide bonds. The summed E-state index contributed by atoms with van der Waals surface area (Å²) in [7, 11) is 0. The van der Waals surface area contributed by atoms with Crippen LogP contribution in [0.15, 0.2) is 65.8 Å². The van der Waals surface area contributed by atoms with E-state index in [1.807, 2.05) is 55.5 Å². The molecule has 0 aliphatic rings. The summed E-state index contributed by atoms with van der Waals surface area (Å²) in [5.41, 5.74) is 3.14. The summed E-state index contributed by atoms with van der Waals surface area (Å²) in [5, 5.41) is 12.9. The molecule has 0 bridgehead atoms. The van der Waals surface area contributed by atoms with Crippen LogP contribution in [0.3, 0.4) is 0 Å². The number of carbonyl (C=O) groups is 1. The number of thiazole rings is 1. The molecule has 0 saturated carbocycles. The Balaban J connectivity index is 1.38. The Morgan fingerprint density at radius 3 is 2.48 bits per heavy atom. The van der Waals surface area contributed by atoms with E-state index in [9.17, 15) is 4.79 Å². The number of carbonyl (C=O) groups excluding carboxylic acids is 1. The molecule has 4 rings (SSSR count). The van der Waals surface area contributed by atoms with Gasteiger partial charge in [-0.1, -0.05) is 72.4 Å². The largest absolute Gasteiger partial charge is 0.306 e. The van der Waals surface area contributed by atoms with Crippen LogP contribution in [0.4, 0.5) is 5.13 Å². The van der Waals surface area contributed by atoms with E-state index < -0.39 is 0 Å². The van der Waals surface area contributed by atoms with Crippen molar-refractivity contribution in [2.24, 2.45) is 0 Å². The maximum atomic E-state index is 12.5. The normalized spacial score (nSPS) is 10.9. The molecule has 4 aromatic rings. The van der Waals surface area contributed by atoms with E-state index in [2.05, 4.69) is 44.1 Å². The maximum absolute atomic E-state index is 12.5. The first-order chi connectivity index (χ1) is 15.1. The zero-order valence-electron chi connectivity index (χ0n) is 17.4. The summed E-state index contributed by atoms with van der Waals surface area (Å²) in [6, 6.07) is 20.2. The van der Waals surface area contributed by atoms with Crippen molar-refractivity contribution in [1.29, 1.82) is 0 Å². The van der Waals surface area contributed by atoms with E-state index >= 15 is 0 Å². The lowest BCUT2D eigenvalue weighted by Crippen LogP contribution is -2.14. The highest BCUT2D eigenvalue weighted by Crippen LogP contribution is 2.30. The van der Waals surface area contributed by atoms with Crippen LogP contribution in [0.2, 0.25) is 0 Å². The van der Waals surface area contributed by atoms with Crippen molar-refractivity contribution in [3.8, 4) is 11.3 Å². The number of nitrogens with zero attached hydrogens (tertiary/aromatic N) is 4. The smallest absolute Gasteiger partial charge is 0.236 e. The van der Waals surface area contributed by atoms with E-state index in [-0.39, 0.29) is 11.7 Å². The number of thioether (sulfide) groups is 1. The van der Waals surface area contributed by atoms with Gasteiger partial charge in [-0.15, -0.1) is 21.5 Å².